The predicted molar refractivity (Wildman–Crippen MR) is 90.5 cm³/mol. The van der Waals surface area contributed by atoms with Crippen molar-refractivity contribution in [2.45, 2.75) is 25.3 Å². The maximum Gasteiger partial charge on any atom is 0.346 e. The zero-order chi connectivity index (χ0) is 16.3. The van der Waals surface area contributed by atoms with Crippen LogP contribution in [0.5, 0.6) is 0 Å². The van der Waals surface area contributed by atoms with Crippen molar-refractivity contribution >= 4 is 29.5 Å². The first-order valence-corrected chi connectivity index (χ1v) is 8.30. The molecule has 1 aliphatic rings. The highest BCUT2D eigenvalue weighted by atomic mass is 32.1. The minimum Gasteiger partial charge on any atom is -0.322 e. The van der Waals surface area contributed by atoms with Crippen molar-refractivity contribution in [3.05, 3.63) is 58.3 Å². The van der Waals surface area contributed by atoms with Crippen molar-refractivity contribution in [2.24, 2.45) is 5.10 Å². The summed E-state index contributed by atoms with van der Waals surface area (Å²) in [6.45, 7) is 1.75. The summed E-state index contributed by atoms with van der Waals surface area (Å²) < 4.78 is 0. The first kappa shape index (κ1) is 15.4. The van der Waals surface area contributed by atoms with Crippen molar-refractivity contribution in [3.63, 3.8) is 0 Å². The van der Waals surface area contributed by atoms with Crippen molar-refractivity contribution in [1.29, 1.82) is 0 Å². The minimum absolute atomic E-state index is 0.315. The third-order valence-corrected chi connectivity index (χ3v) is 4.56. The molecule has 1 atom stereocenters. The molecule has 1 N–H and O–H groups in total. The lowest BCUT2D eigenvalue weighted by Gasteiger charge is -2.20. The highest BCUT2D eigenvalue weighted by Gasteiger charge is 2.47. The summed E-state index contributed by atoms with van der Waals surface area (Å²) in [4.78, 5) is 24.6. The van der Waals surface area contributed by atoms with E-state index in [0.29, 0.717) is 12.8 Å². The molecule has 1 aliphatic heterocycles. The lowest BCUT2D eigenvalue weighted by molar-refractivity contribution is -0.130. The van der Waals surface area contributed by atoms with E-state index in [-0.39, 0.29) is 5.91 Å². The highest BCUT2D eigenvalue weighted by molar-refractivity contribution is 7.08. The summed E-state index contributed by atoms with van der Waals surface area (Å²) >= 11 is 1.53. The molecule has 5 nitrogen and oxygen atoms in total. The number of benzene rings is 1. The van der Waals surface area contributed by atoms with Gasteiger partial charge < -0.3 is 5.32 Å². The van der Waals surface area contributed by atoms with Crippen LogP contribution in [0.25, 0.3) is 0 Å². The molecule has 0 radical (unpaired) electrons. The second kappa shape index (κ2) is 6.34. The zero-order valence-corrected chi connectivity index (χ0v) is 13.5. The number of amides is 3. The molecular formula is C17H17N3O2S. The van der Waals surface area contributed by atoms with Crippen molar-refractivity contribution in [1.82, 2.24) is 10.3 Å². The van der Waals surface area contributed by atoms with Gasteiger partial charge in [-0.25, -0.2) is 4.79 Å². The number of hydrogen-bond donors (Lipinski definition) is 1. The largest absolute Gasteiger partial charge is 0.346 e. The SMILES string of the molecule is C[C@]1(CCc2ccccc2)NC(=O)N(/N=C\c2ccsc2)C1=O. The Morgan fingerprint density at radius 2 is 2.04 bits per heavy atom. The Hall–Kier alpha value is -2.47. The van der Waals surface area contributed by atoms with Crippen molar-refractivity contribution in [3.8, 4) is 0 Å². The van der Waals surface area contributed by atoms with Crippen LogP contribution < -0.4 is 5.32 Å². The van der Waals surface area contributed by atoms with Gasteiger partial charge in [-0.2, -0.15) is 16.4 Å². The number of carbonyl (C=O) groups excluding carboxylic acids is 2. The molecule has 0 bridgehead atoms. The molecule has 1 aromatic heterocycles. The van der Waals surface area contributed by atoms with Crippen LogP contribution in [-0.2, 0) is 11.2 Å². The fourth-order valence-electron chi connectivity index (χ4n) is 2.45. The summed E-state index contributed by atoms with van der Waals surface area (Å²) in [7, 11) is 0. The number of hydrogen-bond acceptors (Lipinski definition) is 4. The molecule has 23 heavy (non-hydrogen) atoms. The monoisotopic (exact) mass is 327 g/mol. The predicted octanol–water partition coefficient (Wildman–Crippen LogP) is 3.03. The van der Waals surface area contributed by atoms with E-state index < -0.39 is 11.6 Å². The lowest BCUT2D eigenvalue weighted by Crippen LogP contribution is -2.44. The fraction of sp³-hybridized carbons (Fsp3) is 0.235. The van der Waals surface area contributed by atoms with E-state index in [1.807, 2.05) is 47.2 Å². The molecule has 0 aliphatic carbocycles. The molecule has 3 amide bonds. The molecule has 0 unspecified atom stereocenters. The number of hydrazone groups is 1. The standard InChI is InChI=1S/C17H17N3O2S/c1-17(9-7-13-5-3-2-4-6-13)15(21)20(16(22)19-17)18-11-14-8-10-23-12-14/h2-6,8,10-12H,7,9H2,1H3,(H,19,22)/b18-11-/t17-/m1/s1. The van der Waals surface area contributed by atoms with Gasteiger partial charge in [0.25, 0.3) is 5.91 Å². The molecule has 2 aromatic rings. The van der Waals surface area contributed by atoms with Gasteiger partial charge in [-0.05, 0) is 42.2 Å². The Balaban J connectivity index is 1.69. The zero-order valence-electron chi connectivity index (χ0n) is 12.7. The molecule has 118 valence electrons. The summed E-state index contributed by atoms with van der Waals surface area (Å²) in [5.41, 5.74) is 1.09. The molecule has 1 saturated heterocycles. The van der Waals surface area contributed by atoms with Crippen LogP contribution in [0.15, 0.2) is 52.3 Å². The fourth-order valence-corrected chi connectivity index (χ4v) is 3.07. The quantitative estimate of drug-likeness (QED) is 0.678. The van der Waals surface area contributed by atoms with Crippen molar-refractivity contribution in [2.75, 3.05) is 0 Å². The average Bonchev–Trinajstić information content (AvgIpc) is 3.13. The molecule has 0 spiro atoms. The van der Waals surface area contributed by atoms with Gasteiger partial charge in [0.1, 0.15) is 5.54 Å². The average molecular weight is 327 g/mol. The first-order valence-electron chi connectivity index (χ1n) is 7.35. The molecule has 6 heteroatoms. The normalized spacial score (nSPS) is 21.2. The van der Waals surface area contributed by atoms with Gasteiger partial charge in [-0.3, -0.25) is 4.79 Å². The second-order valence-electron chi connectivity index (χ2n) is 5.67. The maximum absolute atomic E-state index is 12.5. The number of urea groups is 1. The number of carbonyl (C=O) groups is 2. The Labute approximate surface area is 138 Å². The van der Waals surface area contributed by atoms with E-state index in [1.165, 1.54) is 17.6 Å². The number of nitrogens with one attached hydrogen (secondary N) is 1. The highest BCUT2D eigenvalue weighted by Crippen LogP contribution is 2.23. The van der Waals surface area contributed by atoms with E-state index in [4.69, 9.17) is 0 Å². The summed E-state index contributed by atoms with van der Waals surface area (Å²) in [6, 6.07) is 11.3. The van der Waals surface area contributed by atoms with E-state index in [0.717, 1.165) is 16.1 Å². The third kappa shape index (κ3) is 3.32. The van der Waals surface area contributed by atoms with Crippen LogP contribution >= 0.6 is 11.3 Å². The van der Waals surface area contributed by atoms with Crippen LogP contribution in [0, 0.1) is 0 Å². The summed E-state index contributed by atoms with van der Waals surface area (Å²) in [5, 5.41) is 11.5. The number of aryl methyl sites for hydroxylation is 1. The van der Waals surface area contributed by atoms with Crippen molar-refractivity contribution < 1.29 is 9.59 Å². The molecule has 1 fully saturated rings. The van der Waals surface area contributed by atoms with Gasteiger partial charge in [0.15, 0.2) is 0 Å². The van der Waals surface area contributed by atoms with E-state index in [9.17, 15) is 9.59 Å². The summed E-state index contributed by atoms with van der Waals surface area (Å²) in [6.07, 6.45) is 2.77. The Bertz CT molecular complexity index is 728. The number of rotatable bonds is 5. The minimum atomic E-state index is -0.918. The Kier molecular flexibility index (Phi) is 4.25. The van der Waals surface area contributed by atoms with Crippen LogP contribution in [0.2, 0.25) is 0 Å². The molecule has 2 heterocycles. The van der Waals surface area contributed by atoms with Gasteiger partial charge >= 0.3 is 6.03 Å². The second-order valence-corrected chi connectivity index (χ2v) is 6.45. The van der Waals surface area contributed by atoms with Crippen LogP contribution in [0.1, 0.15) is 24.5 Å². The van der Waals surface area contributed by atoms with E-state index >= 15 is 0 Å². The molecule has 1 aromatic carbocycles. The number of nitrogens with zero attached hydrogens (tertiary/aromatic N) is 2. The lowest BCUT2D eigenvalue weighted by atomic mass is 9.93. The van der Waals surface area contributed by atoms with E-state index in [1.54, 1.807) is 6.92 Å². The van der Waals surface area contributed by atoms with Gasteiger partial charge in [0, 0.05) is 5.56 Å². The molecule has 0 saturated carbocycles. The van der Waals surface area contributed by atoms with Crippen LogP contribution in [-0.4, -0.2) is 28.7 Å². The molecule has 3 rings (SSSR count). The van der Waals surface area contributed by atoms with E-state index in [2.05, 4.69) is 10.4 Å². The van der Waals surface area contributed by atoms with Gasteiger partial charge in [-0.15, -0.1) is 5.01 Å². The summed E-state index contributed by atoms with van der Waals surface area (Å²) in [5.74, 6) is -0.315. The van der Waals surface area contributed by atoms with Gasteiger partial charge in [0.2, 0.25) is 0 Å². The Morgan fingerprint density at radius 1 is 1.26 bits per heavy atom. The first-order chi connectivity index (χ1) is 11.1. The van der Waals surface area contributed by atoms with Gasteiger partial charge in [-0.1, -0.05) is 30.3 Å². The topological polar surface area (TPSA) is 61.8 Å². The Morgan fingerprint density at radius 3 is 2.74 bits per heavy atom. The maximum atomic E-state index is 12.5. The van der Waals surface area contributed by atoms with Crippen LogP contribution in [0.4, 0.5) is 4.79 Å². The third-order valence-electron chi connectivity index (χ3n) is 3.86. The number of thiophene rings is 1. The van der Waals surface area contributed by atoms with Crippen LogP contribution in [0.3, 0.4) is 0 Å². The van der Waals surface area contributed by atoms with Gasteiger partial charge in [0.05, 0.1) is 6.21 Å². The smallest absolute Gasteiger partial charge is 0.322 e. The number of imide groups is 1. The molecular weight excluding hydrogens is 310 g/mol.